The Morgan fingerprint density at radius 3 is 2.67 bits per heavy atom. The molecule has 0 unspecified atom stereocenters. The summed E-state index contributed by atoms with van der Waals surface area (Å²) in [6.07, 6.45) is 1.89. The Hall–Kier alpha value is -2.64. The van der Waals surface area contributed by atoms with Crippen LogP contribution in [0.4, 0.5) is 0 Å². The number of thiocarbonyl (C=S) groups is 1. The van der Waals surface area contributed by atoms with Crippen LogP contribution in [0.2, 0.25) is 0 Å². The largest absolute Gasteiger partial charge is 0.497 e. The van der Waals surface area contributed by atoms with Gasteiger partial charge in [0.2, 0.25) is 0 Å². The number of thioether (sulfide) groups is 1. The smallest absolute Gasteiger partial charge is 0.327 e. The monoisotopic (exact) mass is 399 g/mol. The van der Waals surface area contributed by atoms with Crippen molar-refractivity contribution in [3.05, 3.63) is 70.6 Å². The standard InChI is InChI=1S/C20H17NO4S2/c1-25-15-9-5-8-14(10-15)12-17-18(22)21(20(26)27-17)16(19(23)24)11-13-6-3-2-4-7-13/h2-10,12,16H,11H2,1H3,(H,23,24)/b17-12+/t16-/m0/s1. The molecule has 1 N–H and O–H groups in total. The molecule has 138 valence electrons. The molecule has 1 aliphatic rings. The Bertz CT molecular complexity index is 911. The molecule has 3 rings (SSSR count). The van der Waals surface area contributed by atoms with Crippen molar-refractivity contribution in [2.75, 3.05) is 7.11 Å². The molecule has 1 amide bonds. The number of benzene rings is 2. The van der Waals surface area contributed by atoms with E-state index in [0.29, 0.717) is 10.7 Å². The molecule has 1 atom stereocenters. The van der Waals surface area contributed by atoms with Crippen molar-refractivity contribution >= 4 is 46.3 Å². The van der Waals surface area contributed by atoms with E-state index in [1.54, 1.807) is 19.3 Å². The lowest BCUT2D eigenvalue weighted by molar-refractivity contribution is -0.145. The average Bonchev–Trinajstić information content (AvgIpc) is 2.94. The number of hydrogen-bond donors (Lipinski definition) is 1. The lowest BCUT2D eigenvalue weighted by atomic mass is 10.0. The molecule has 1 aliphatic heterocycles. The third-order valence-corrected chi connectivity index (χ3v) is 5.41. The van der Waals surface area contributed by atoms with Gasteiger partial charge in [0.05, 0.1) is 12.0 Å². The van der Waals surface area contributed by atoms with Crippen LogP contribution in [0.25, 0.3) is 6.08 Å². The molecule has 2 aromatic rings. The van der Waals surface area contributed by atoms with Crippen LogP contribution in [-0.4, -0.2) is 39.4 Å². The highest BCUT2D eigenvalue weighted by Gasteiger charge is 2.40. The third-order valence-electron chi connectivity index (χ3n) is 4.08. The fourth-order valence-electron chi connectivity index (χ4n) is 2.76. The van der Waals surface area contributed by atoms with Crippen molar-refractivity contribution in [1.29, 1.82) is 0 Å². The number of carboxylic acid groups (broad SMARTS) is 1. The number of ether oxygens (including phenoxy) is 1. The fourth-order valence-corrected chi connectivity index (χ4v) is 4.11. The molecular formula is C20H17NO4S2. The van der Waals surface area contributed by atoms with E-state index in [1.165, 1.54) is 4.90 Å². The first-order chi connectivity index (χ1) is 13.0. The summed E-state index contributed by atoms with van der Waals surface area (Å²) in [5.41, 5.74) is 1.61. The van der Waals surface area contributed by atoms with Gasteiger partial charge in [-0.2, -0.15) is 0 Å². The second-order valence-corrected chi connectivity index (χ2v) is 7.55. The average molecular weight is 399 g/mol. The van der Waals surface area contributed by atoms with Gasteiger partial charge in [0.1, 0.15) is 16.1 Å². The number of rotatable bonds is 6. The zero-order valence-corrected chi connectivity index (χ0v) is 16.1. The summed E-state index contributed by atoms with van der Waals surface area (Å²) in [7, 11) is 1.57. The van der Waals surface area contributed by atoms with Crippen molar-refractivity contribution in [1.82, 2.24) is 4.90 Å². The SMILES string of the molecule is COc1cccc(/C=C2/SC(=S)N([C@@H](Cc3ccccc3)C(=O)O)C2=O)c1. The van der Waals surface area contributed by atoms with Crippen LogP contribution >= 0.6 is 24.0 Å². The Kier molecular flexibility index (Phi) is 5.93. The highest BCUT2D eigenvalue weighted by molar-refractivity contribution is 8.26. The van der Waals surface area contributed by atoms with Crippen LogP contribution in [0.1, 0.15) is 11.1 Å². The highest BCUT2D eigenvalue weighted by atomic mass is 32.2. The molecule has 0 bridgehead atoms. The molecule has 5 nitrogen and oxygen atoms in total. The fraction of sp³-hybridized carbons (Fsp3) is 0.150. The number of carbonyl (C=O) groups excluding carboxylic acids is 1. The molecule has 1 heterocycles. The van der Waals surface area contributed by atoms with Gasteiger partial charge in [0.25, 0.3) is 5.91 Å². The van der Waals surface area contributed by atoms with E-state index in [-0.39, 0.29) is 10.7 Å². The third kappa shape index (κ3) is 4.37. The molecule has 0 radical (unpaired) electrons. The predicted octanol–water partition coefficient (Wildman–Crippen LogP) is 3.59. The molecule has 7 heteroatoms. The lowest BCUT2D eigenvalue weighted by Gasteiger charge is -2.23. The number of carbonyl (C=O) groups is 2. The molecule has 0 aromatic heterocycles. The van der Waals surface area contributed by atoms with Crippen molar-refractivity contribution < 1.29 is 19.4 Å². The van der Waals surface area contributed by atoms with Crippen molar-refractivity contribution in [3.8, 4) is 5.75 Å². The van der Waals surface area contributed by atoms with Gasteiger partial charge in [-0.15, -0.1) is 0 Å². The van der Waals surface area contributed by atoms with Gasteiger partial charge in [0.15, 0.2) is 0 Å². The Morgan fingerprint density at radius 1 is 1.26 bits per heavy atom. The van der Waals surface area contributed by atoms with E-state index in [9.17, 15) is 14.7 Å². The maximum atomic E-state index is 12.9. The van der Waals surface area contributed by atoms with Crippen molar-refractivity contribution in [2.24, 2.45) is 0 Å². The number of amides is 1. The van der Waals surface area contributed by atoms with E-state index in [1.807, 2.05) is 48.5 Å². The van der Waals surface area contributed by atoms with E-state index in [4.69, 9.17) is 17.0 Å². The predicted molar refractivity (Wildman–Crippen MR) is 110 cm³/mol. The van der Waals surface area contributed by atoms with E-state index < -0.39 is 17.9 Å². The molecule has 27 heavy (non-hydrogen) atoms. The van der Waals surface area contributed by atoms with Gasteiger partial charge >= 0.3 is 5.97 Å². The van der Waals surface area contributed by atoms with Gasteiger partial charge in [-0.25, -0.2) is 4.79 Å². The maximum absolute atomic E-state index is 12.9. The highest BCUT2D eigenvalue weighted by Crippen LogP contribution is 2.35. The number of nitrogens with zero attached hydrogens (tertiary/aromatic N) is 1. The number of hydrogen-bond acceptors (Lipinski definition) is 5. The minimum Gasteiger partial charge on any atom is -0.497 e. The summed E-state index contributed by atoms with van der Waals surface area (Å²) in [5, 5.41) is 9.68. The van der Waals surface area contributed by atoms with E-state index >= 15 is 0 Å². The van der Waals surface area contributed by atoms with E-state index in [0.717, 1.165) is 22.9 Å². The molecule has 0 spiro atoms. The van der Waals surface area contributed by atoms with Crippen LogP contribution < -0.4 is 4.74 Å². The zero-order valence-electron chi connectivity index (χ0n) is 14.5. The summed E-state index contributed by atoms with van der Waals surface area (Å²) >= 11 is 6.42. The molecule has 0 aliphatic carbocycles. The van der Waals surface area contributed by atoms with Crippen LogP contribution in [-0.2, 0) is 16.0 Å². The van der Waals surface area contributed by atoms with Crippen molar-refractivity contribution in [2.45, 2.75) is 12.5 Å². The summed E-state index contributed by atoms with van der Waals surface area (Å²) in [5.74, 6) is -0.805. The minimum atomic E-state index is -1.09. The summed E-state index contributed by atoms with van der Waals surface area (Å²) in [4.78, 5) is 26.3. The number of methoxy groups -OCH3 is 1. The normalized spacial score (nSPS) is 16.6. The summed E-state index contributed by atoms with van der Waals surface area (Å²) < 4.78 is 5.44. The van der Waals surface area contributed by atoms with Gasteiger partial charge in [-0.05, 0) is 29.3 Å². The summed E-state index contributed by atoms with van der Waals surface area (Å²) in [6, 6.07) is 15.4. The number of aliphatic carboxylic acids is 1. The van der Waals surface area contributed by atoms with Gasteiger partial charge in [0, 0.05) is 6.42 Å². The quantitative estimate of drug-likeness (QED) is 0.591. The molecule has 1 saturated heterocycles. The summed E-state index contributed by atoms with van der Waals surface area (Å²) in [6.45, 7) is 0. The van der Waals surface area contributed by atoms with Gasteiger partial charge < -0.3 is 9.84 Å². The second kappa shape index (κ2) is 8.37. The first-order valence-corrected chi connectivity index (χ1v) is 9.40. The molecule has 1 fully saturated rings. The zero-order chi connectivity index (χ0) is 19.4. The molecule has 0 saturated carbocycles. The van der Waals surface area contributed by atoms with Crippen LogP contribution in [0.5, 0.6) is 5.75 Å². The van der Waals surface area contributed by atoms with Gasteiger partial charge in [-0.1, -0.05) is 66.4 Å². The van der Waals surface area contributed by atoms with Crippen LogP contribution in [0.3, 0.4) is 0 Å². The first-order valence-electron chi connectivity index (χ1n) is 8.17. The molecule has 2 aromatic carbocycles. The minimum absolute atomic E-state index is 0.190. The topological polar surface area (TPSA) is 66.8 Å². The number of carboxylic acids is 1. The molecular weight excluding hydrogens is 382 g/mol. The Labute approximate surface area is 166 Å². The van der Waals surface area contributed by atoms with Gasteiger partial charge in [-0.3, -0.25) is 9.69 Å². The Balaban J connectivity index is 1.87. The van der Waals surface area contributed by atoms with Crippen molar-refractivity contribution in [3.63, 3.8) is 0 Å². The second-order valence-electron chi connectivity index (χ2n) is 5.87. The van der Waals surface area contributed by atoms with Crippen LogP contribution in [0, 0.1) is 0 Å². The lowest BCUT2D eigenvalue weighted by Crippen LogP contribution is -2.45. The Morgan fingerprint density at radius 2 is 2.00 bits per heavy atom. The van der Waals surface area contributed by atoms with Crippen LogP contribution in [0.15, 0.2) is 59.5 Å². The maximum Gasteiger partial charge on any atom is 0.327 e. The first kappa shape index (κ1) is 19.1. The van der Waals surface area contributed by atoms with E-state index in [2.05, 4.69) is 0 Å².